The van der Waals surface area contributed by atoms with Crippen LogP contribution >= 0.6 is 0 Å². The van der Waals surface area contributed by atoms with Gasteiger partial charge in [0.25, 0.3) is 5.91 Å². The highest BCUT2D eigenvalue weighted by Gasteiger charge is 2.34. The second-order valence-electron chi connectivity index (χ2n) is 8.83. The molecule has 1 N–H and O–H groups in total. The predicted octanol–water partition coefficient (Wildman–Crippen LogP) is 5.71. The molecule has 30 heavy (non-hydrogen) atoms. The summed E-state index contributed by atoms with van der Waals surface area (Å²) in [5, 5.41) is 12.2. The molecule has 0 saturated carbocycles. The van der Waals surface area contributed by atoms with Crippen LogP contribution in [0.3, 0.4) is 0 Å². The van der Waals surface area contributed by atoms with E-state index in [-0.39, 0.29) is 22.6 Å². The third-order valence-corrected chi connectivity index (χ3v) is 6.18. The molecule has 2 aromatic carbocycles. The molecule has 1 amide bonds. The number of fused-ring (bicyclic) bond motifs is 1. The molecule has 3 rings (SSSR count). The van der Waals surface area contributed by atoms with Crippen LogP contribution in [0.15, 0.2) is 35.9 Å². The smallest absolute Gasteiger partial charge is 0.266 e. The second-order valence-corrected chi connectivity index (χ2v) is 8.83. The molecule has 0 spiro atoms. The molecule has 5 heteroatoms. The van der Waals surface area contributed by atoms with Gasteiger partial charge in [-0.15, -0.1) is 0 Å². The maximum absolute atomic E-state index is 14.9. The molecule has 0 fully saturated rings. The lowest BCUT2D eigenvalue weighted by Gasteiger charge is -2.45. The summed E-state index contributed by atoms with van der Waals surface area (Å²) in [6.45, 7) is 10.3. The van der Waals surface area contributed by atoms with Crippen molar-refractivity contribution >= 4 is 23.4 Å². The van der Waals surface area contributed by atoms with Crippen molar-refractivity contribution in [1.82, 2.24) is 0 Å². The topological polar surface area (TPSA) is 56.1 Å². The van der Waals surface area contributed by atoms with Gasteiger partial charge in [-0.2, -0.15) is 5.26 Å². The zero-order valence-corrected chi connectivity index (χ0v) is 18.4. The van der Waals surface area contributed by atoms with E-state index in [2.05, 4.69) is 31.0 Å². The van der Waals surface area contributed by atoms with Gasteiger partial charge >= 0.3 is 0 Å². The van der Waals surface area contributed by atoms with Crippen molar-refractivity contribution in [3.8, 4) is 6.07 Å². The summed E-state index contributed by atoms with van der Waals surface area (Å²) in [7, 11) is 1.97. The number of aryl methyl sites for hydroxylation is 2. The molecule has 1 aliphatic heterocycles. The number of nitrogens with zero attached hydrogens (tertiary/aromatic N) is 2. The Balaban J connectivity index is 1.94. The summed E-state index contributed by atoms with van der Waals surface area (Å²) in [6, 6.07) is 10.7. The van der Waals surface area contributed by atoms with Gasteiger partial charge in [-0.05, 0) is 87.1 Å². The Morgan fingerprint density at radius 1 is 1.27 bits per heavy atom. The zero-order chi connectivity index (χ0) is 22.2. The molecule has 156 valence electrons. The van der Waals surface area contributed by atoms with Gasteiger partial charge in [0.1, 0.15) is 17.5 Å². The number of anilines is 2. The predicted molar refractivity (Wildman–Crippen MR) is 120 cm³/mol. The Bertz CT molecular complexity index is 1080. The summed E-state index contributed by atoms with van der Waals surface area (Å²) in [5.74, 6) is -0.754. The molecule has 0 bridgehead atoms. The molecular formula is C25H28FN3O. The fraction of sp³-hybridized carbons (Fsp3) is 0.360. The SMILES string of the molecule is Cc1ccc(NC(=O)/C(C#N)=C/c2cc3c(cc2F)N(C)C(C)(C)CC3C)cc1C. The van der Waals surface area contributed by atoms with Crippen LogP contribution in [0.4, 0.5) is 15.8 Å². The normalized spacial score (nSPS) is 17.9. The molecule has 1 unspecified atom stereocenters. The molecule has 2 aromatic rings. The monoisotopic (exact) mass is 405 g/mol. The van der Waals surface area contributed by atoms with Crippen molar-refractivity contribution in [2.45, 2.75) is 52.5 Å². The van der Waals surface area contributed by atoms with Gasteiger partial charge in [0, 0.05) is 29.5 Å². The van der Waals surface area contributed by atoms with Crippen LogP contribution in [0.1, 0.15) is 55.4 Å². The van der Waals surface area contributed by atoms with Gasteiger partial charge in [-0.1, -0.05) is 13.0 Å². The van der Waals surface area contributed by atoms with Crippen LogP contribution in [0, 0.1) is 31.0 Å². The number of amides is 1. The van der Waals surface area contributed by atoms with Gasteiger partial charge in [-0.25, -0.2) is 4.39 Å². The number of rotatable bonds is 3. The van der Waals surface area contributed by atoms with E-state index in [9.17, 15) is 14.4 Å². The summed E-state index contributed by atoms with van der Waals surface area (Å²) in [5.41, 5.74) is 4.68. The third kappa shape index (κ3) is 4.09. The van der Waals surface area contributed by atoms with Crippen molar-refractivity contribution in [2.24, 2.45) is 0 Å². The lowest BCUT2D eigenvalue weighted by Crippen LogP contribution is -2.45. The quantitative estimate of drug-likeness (QED) is 0.526. The number of benzene rings is 2. The number of hydrogen-bond acceptors (Lipinski definition) is 3. The maximum atomic E-state index is 14.9. The van der Waals surface area contributed by atoms with Crippen LogP contribution in [-0.4, -0.2) is 18.5 Å². The minimum atomic E-state index is -0.552. The van der Waals surface area contributed by atoms with Crippen LogP contribution < -0.4 is 10.2 Å². The lowest BCUT2D eigenvalue weighted by molar-refractivity contribution is -0.112. The Labute approximate surface area is 178 Å². The number of carbonyl (C=O) groups excluding carboxylic acids is 1. The molecule has 0 radical (unpaired) electrons. The summed E-state index contributed by atoms with van der Waals surface area (Å²) >= 11 is 0. The average Bonchev–Trinajstić information content (AvgIpc) is 2.67. The van der Waals surface area contributed by atoms with E-state index < -0.39 is 11.7 Å². The first-order chi connectivity index (χ1) is 14.0. The van der Waals surface area contributed by atoms with Crippen LogP contribution in [-0.2, 0) is 4.79 Å². The highest BCUT2D eigenvalue weighted by molar-refractivity contribution is 6.09. The molecule has 1 aliphatic rings. The molecule has 4 nitrogen and oxygen atoms in total. The Kier molecular flexibility index (Phi) is 5.72. The van der Waals surface area contributed by atoms with E-state index in [1.165, 1.54) is 12.1 Å². The third-order valence-electron chi connectivity index (χ3n) is 6.18. The highest BCUT2D eigenvalue weighted by Crippen LogP contribution is 2.43. The van der Waals surface area contributed by atoms with E-state index in [0.29, 0.717) is 5.69 Å². The molecule has 1 heterocycles. The standard InChI is InChI=1S/C25H28FN3O/c1-15-7-8-20(9-16(15)2)28-24(30)19(14-27)10-18-11-21-17(3)13-25(4,5)29(6)23(21)12-22(18)26/h7-12,17H,13H2,1-6H3,(H,28,30)/b19-10+. The number of hydrogen-bond donors (Lipinski definition) is 1. The average molecular weight is 406 g/mol. The summed E-state index contributed by atoms with van der Waals surface area (Å²) in [4.78, 5) is 14.7. The highest BCUT2D eigenvalue weighted by atomic mass is 19.1. The zero-order valence-electron chi connectivity index (χ0n) is 18.4. The van der Waals surface area contributed by atoms with Gasteiger partial charge in [0.15, 0.2) is 0 Å². The van der Waals surface area contributed by atoms with Crippen molar-refractivity contribution in [1.29, 1.82) is 5.26 Å². The van der Waals surface area contributed by atoms with Crippen molar-refractivity contribution < 1.29 is 9.18 Å². The van der Waals surface area contributed by atoms with Gasteiger partial charge in [0.2, 0.25) is 0 Å². The Morgan fingerprint density at radius 3 is 2.60 bits per heavy atom. The van der Waals surface area contributed by atoms with Gasteiger partial charge in [0.05, 0.1) is 0 Å². The molecular weight excluding hydrogens is 377 g/mol. The summed E-state index contributed by atoms with van der Waals surface area (Å²) in [6.07, 6.45) is 2.27. The first-order valence-corrected chi connectivity index (χ1v) is 10.1. The van der Waals surface area contributed by atoms with Crippen LogP contribution in [0.25, 0.3) is 6.08 Å². The first-order valence-electron chi connectivity index (χ1n) is 10.1. The second kappa shape index (κ2) is 7.95. The van der Waals surface area contributed by atoms with Gasteiger partial charge in [-0.3, -0.25) is 4.79 Å². The minimum Gasteiger partial charge on any atom is -0.369 e. The first kappa shape index (κ1) is 21.6. The largest absolute Gasteiger partial charge is 0.369 e. The Hall–Kier alpha value is -3.13. The van der Waals surface area contributed by atoms with Crippen LogP contribution in [0.5, 0.6) is 0 Å². The Morgan fingerprint density at radius 2 is 1.97 bits per heavy atom. The van der Waals surface area contributed by atoms with Crippen LogP contribution in [0.2, 0.25) is 0 Å². The van der Waals surface area contributed by atoms with Crippen molar-refractivity contribution in [3.05, 3.63) is 64.0 Å². The number of carbonyl (C=O) groups is 1. The van der Waals surface area contributed by atoms with E-state index in [1.54, 1.807) is 12.1 Å². The van der Waals surface area contributed by atoms with E-state index in [1.807, 2.05) is 39.1 Å². The maximum Gasteiger partial charge on any atom is 0.266 e. The lowest BCUT2D eigenvalue weighted by atomic mass is 9.80. The molecule has 0 aromatic heterocycles. The van der Waals surface area contributed by atoms with Gasteiger partial charge < -0.3 is 10.2 Å². The van der Waals surface area contributed by atoms with E-state index >= 15 is 0 Å². The molecule has 0 saturated heterocycles. The van der Waals surface area contributed by atoms with Crippen molar-refractivity contribution in [3.63, 3.8) is 0 Å². The number of halogens is 1. The minimum absolute atomic E-state index is 0.0694. The van der Waals surface area contributed by atoms with E-state index in [0.717, 1.165) is 28.8 Å². The van der Waals surface area contributed by atoms with E-state index in [4.69, 9.17) is 0 Å². The van der Waals surface area contributed by atoms with Crippen molar-refractivity contribution in [2.75, 3.05) is 17.3 Å². The number of nitriles is 1. The molecule has 1 atom stereocenters. The summed E-state index contributed by atoms with van der Waals surface area (Å²) < 4.78 is 14.9. The fourth-order valence-corrected chi connectivity index (χ4v) is 4.04. The number of nitrogens with one attached hydrogen (secondary N) is 1. The molecule has 0 aliphatic carbocycles. The fourth-order valence-electron chi connectivity index (χ4n) is 4.04.